The van der Waals surface area contributed by atoms with Crippen LogP contribution in [0.25, 0.3) is 5.69 Å². The van der Waals surface area contributed by atoms with Gasteiger partial charge in [-0.2, -0.15) is 5.10 Å². The number of halogens is 1. The van der Waals surface area contributed by atoms with Crippen molar-refractivity contribution in [2.24, 2.45) is 0 Å². The van der Waals surface area contributed by atoms with E-state index in [0.29, 0.717) is 0 Å². The zero-order chi connectivity index (χ0) is 16.4. The van der Waals surface area contributed by atoms with Crippen LogP contribution in [0.3, 0.4) is 0 Å². The van der Waals surface area contributed by atoms with E-state index >= 15 is 0 Å². The Labute approximate surface area is 130 Å². The van der Waals surface area contributed by atoms with Gasteiger partial charge >= 0.3 is 5.97 Å². The van der Waals surface area contributed by atoms with Crippen LogP contribution < -0.4 is 0 Å². The second-order valence-electron chi connectivity index (χ2n) is 4.93. The molecule has 1 atom stereocenters. The number of ether oxygens (including phenoxy) is 1. The maximum absolute atomic E-state index is 14.2. The van der Waals surface area contributed by atoms with Crippen LogP contribution in [0.15, 0.2) is 30.9 Å². The first-order chi connectivity index (χ1) is 11.1. The van der Waals surface area contributed by atoms with Gasteiger partial charge in [-0.25, -0.2) is 18.9 Å². The van der Waals surface area contributed by atoms with Crippen molar-refractivity contribution in [2.45, 2.75) is 6.04 Å². The Morgan fingerprint density at radius 2 is 2.22 bits per heavy atom. The summed E-state index contributed by atoms with van der Waals surface area (Å²) < 4.78 is 20.5. The molecule has 3 rings (SSSR count). The summed E-state index contributed by atoms with van der Waals surface area (Å²) >= 11 is 0. The zero-order valence-corrected chi connectivity index (χ0v) is 11.9. The monoisotopic (exact) mass is 320 g/mol. The van der Waals surface area contributed by atoms with Gasteiger partial charge < -0.3 is 14.7 Å². The van der Waals surface area contributed by atoms with E-state index in [-0.39, 0.29) is 31.0 Å². The Morgan fingerprint density at radius 3 is 2.87 bits per heavy atom. The molecule has 1 N–H and O–H groups in total. The van der Waals surface area contributed by atoms with E-state index in [1.54, 1.807) is 0 Å². The van der Waals surface area contributed by atoms with E-state index in [1.165, 1.54) is 34.4 Å². The van der Waals surface area contributed by atoms with Crippen LogP contribution in [-0.4, -0.2) is 62.4 Å². The van der Waals surface area contributed by atoms with E-state index < -0.39 is 23.7 Å². The molecule has 0 bridgehead atoms. The highest BCUT2D eigenvalue weighted by molar-refractivity contribution is 5.97. The minimum Gasteiger partial charge on any atom is -0.480 e. The summed E-state index contributed by atoms with van der Waals surface area (Å²) in [5, 5.41) is 13.0. The molecule has 1 amide bonds. The quantitative estimate of drug-likeness (QED) is 0.875. The Hall–Kier alpha value is -2.81. The van der Waals surface area contributed by atoms with Gasteiger partial charge in [-0.3, -0.25) is 4.79 Å². The lowest BCUT2D eigenvalue weighted by molar-refractivity contribution is -0.147. The molecule has 2 heterocycles. The summed E-state index contributed by atoms with van der Waals surface area (Å²) in [6.45, 7) is 0.303. The number of hydrogen-bond donors (Lipinski definition) is 1. The first-order valence-electron chi connectivity index (χ1n) is 6.84. The zero-order valence-electron chi connectivity index (χ0n) is 11.9. The van der Waals surface area contributed by atoms with Crippen LogP contribution in [0.2, 0.25) is 0 Å². The number of carbonyl (C=O) groups excluding carboxylic acids is 1. The number of rotatable bonds is 3. The lowest BCUT2D eigenvalue weighted by Gasteiger charge is -2.32. The van der Waals surface area contributed by atoms with Crippen molar-refractivity contribution in [3.63, 3.8) is 0 Å². The summed E-state index contributed by atoms with van der Waals surface area (Å²) in [6.07, 6.45) is 2.60. The molecule has 1 aliphatic heterocycles. The number of amides is 1. The van der Waals surface area contributed by atoms with E-state index in [0.717, 1.165) is 6.07 Å². The third-order valence-corrected chi connectivity index (χ3v) is 3.53. The van der Waals surface area contributed by atoms with Crippen LogP contribution in [0, 0.1) is 5.82 Å². The van der Waals surface area contributed by atoms with Gasteiger partial charge in [0.1, 0.15) is 24.2 Å². The maximum Gasteiger partial charge on any atom is 0.328 e. The second-order valence-corrected chi connectivity index (χ2v) is 4.93. The van der Waals surface area contributed by atoms with Crippen molar-refractivity contribution in [1.29, 1.82) is 0 Å². The van der Waals surface area contributed by atoms with Crippen molar-refractivity contribution in [3.8, 4) is 5.69 Å². The van der Waals surface area contributed by atoms with Gasteiger partial charge in [0.15, 0.2) is 6.04 Å². The molecule has 0 aliphatic carbocycles. The topological polar surface area (TPSA) is 97.6 Å². The molecule has 0 radical (unpaired) electrons. The van der Waals surface area contributed by atoms with E-state index in [9.17, 15) is 14.0 Å². The molecule has 0 saturated carbocycles. The molecule has 1 fully saturated rings. The predicted octanol–water partition coefficient (Wildman–Crippen LogP) is 0.332. The van der Waals surface area contributed by atoms with Gasteiger partial charge in [0.05, 0.1) is 13.2 Å². The number of carboxylic acid groups (broad SMARTS) is 1. The first kappa shape index (κ1) is 15.1. The van der Waals surface area contributed by atoms with Crippen LogP contribution in [-0.2, 0) is 9.53 Å². The smallest absolute Gasteiger partial charge is 0.328 e. The highest BCUT2D eigenvalue weighted by atomic mass is 19.1. The standard InChI is InChI=1S/C14H13FN4O4/c15-10-5-9(1-2-11(10)19-8-16-7-17-19)13(20)18-3-4-23-6-12(18)14(21)22/h1-2,5,7-8,12H,3-4,6H2,(H,21,22). The molecule has 23 heavy (non-hydrogen) atoms. The maximum atomic E-state index is 14.2. The van der Waals surface area contributed by atoms with Crippen LogP contribution >= 0.6 is 0 Å². The summed E-state index contributed by atoms with van der Waals surface area (Å²) in [4.78, 5) is 28.6. The number of nitrogens with zero attached hydrogens (tertiary/aromatic N) is 4. The Morgan fingerprint density at radius 1 is 1.39 bits per heavy atom. The van der Waals surface area contributed by atoms with Crippen LogP contribution in [0.1, 0.15) is 10.4 Å². The number of morpholine rings is 1. The Bertz CT molecular complexity index is 734. The third-order valence-electron chi connectivity index (χ3n) is 3.53. The average molecular weight is 320 g/mol. The lowest BCUT2D eigenvalue weighted by Crippen LogP contribution is -2.52. The van der Waals surface area contributed by atoms with Gasteiger partial charge in [-0.1, -0.05) is 0 Å². The van der Waals surface area contributed by atoms with Crippen molar-refractivity contribution < 1.29 is 23.8 Å². The lowest BCUT2D eigenvalue weighted by atomic mass is 10.1. The Balaban J connectivity index is 1.87. The van der Waals surface area contributed by atoms with Crippen molar-refractivity contribution in [1.82, 2.24) is 19.7 Å². The number of benzene rings is 1. The SMILES string of the molecule is O=C(O)C1COCCN1C(=O)c1ccc(-n2cncn2)c(F)c1. The minimum atomic E-state index is -1.15. The molecule has 1 aromatic heterocycles. The van der Waals surface area contributed by atoms with Gasteiger partial charge in [0, 0.05) is 12.1 Å². The van der Waals surface area contributed by atoms with Gasteiger partial charge in [0.2, 0.25) is 0 Å². The Kier molecular flexibility index (Phi) is 4.02. The highest BCUT2D eigenvalue weighted by Gasteiger charge is 2.33. The highest BCUT2D eigenvalue weighted by Crippen LogP contribution is 2.18. The van der Waals surface area contributed by atoms with Crippen LogP contribution in [0.5, 0.6) is 0 Å². The molecular formula is C14H13FN4O4. The number of carboxylic acids is 1. The van der Waals surface area contributed by atoms with Crippen molar-refractivity contribution in [3.05, 3.63) is 42.2 Å². The summed E-state index contributed by atoms with van der Waals surface area (Å²) in [5.41, 5.74) is 0.218. The van der Waals surface area contributed by atoms with Crippen molar-refractivity contribution in [2.75, 3.05) is 19.8 Å². The van der Waals surface area contributed by atoms with E-state index in [4.69, 9.17) is 9.84 Å². The van der Waals surface area contributed by atoms with E-state index in [2.05, 4.69) is 10.1 Å². The molecule has 0 spiro atoms. The van der Waals surface area contributed by atoms with Gasteiger partial charge in [-0.15, -0.1) is 0 Å². The summed E-state index contributed by atoms with van der Waals surface area (Å²) in [6, 6.07) is 2.81. The average Bonchev–Trinajstić information content (AvgIpc) is 3.08. The fourth-order valence-corrected chi connectivity index (χ4v) is 2.38. The summed E-state index contributed by atoms with van der Waals surface area (Å²) in [5.74, 6) is -2.36. The second kappa shape index (κ2) is 6.13. The largest absolute Gasteiger partial charge is 0.480 e. The minimum absolute atomic E-state index is 0.0690. The normalized spacial score (nSPS) is 18.0. The fourth-order valence-electron chi connectivity index (χ4n) is 2.38. The first-order valence-corrected chi connectivity index (χ1v) is 6.84. The third kappa shape index (κ3) is 2.90. The number of aliphatic carboxylic acids is 1. The van der Waals surface area contributed by atoms with Gasteiger partial charge in [-0.05, 0) is 18.2 Å². The molecule has 9 heteroatoms. The molecule has 1 aromatic carbocycles. The fraction of sp³-hybridized carbons (Fsp3) is 0.286. The molecule has 2 aromatic rings. The van der Waals surface area contributed by atoms with Crippen LogP contribution in [0.4, 0.5) is 4.39 Å². The summed E-state index contributed by atoms with van der Waals surface area (Å²) in [7, 11) is 0. The predicted molar refractivity (Wildman–Crippen MR) is 74.6 cm³/mol. The molecule has 120 valence electrons. The number of hydrogen-bond acceptors (Lipinski definition) is 5. The molecule has 1 unspecified atom stereocenters. The molecule has 1 saturated heterocycles. The number of aromatic nitrogens is 3. The van der Waals surface area contributed by atoms with E-state index in [1.807, 2.05) is 0 Å². The van der Waals surface area contributed by atoms with Crippen molar-refractivity contribution >= 4 is 11.9 Å². The molecular weight excluding hydrogens is 307 g/mol. The molecule has 8 nitrogen and oxygen atoms in total. The number of carbonyl (C=O) groups is 2. The molecule has 1 aliphatic rings. The van der Waals surface area contributed by atoms with Gasteiger partial charge in [0.25, 0.3) is 5.91 Å².